The van der Waals surface area contributed by atoms with Gasteiger partial charge in [0.15, 0.2) is 0 Å². The first-order valence-electron chi connectivity index (χ1n) is 3.33. The molecule has 1 rings (SSSR count). The smallest absolute Gasteiger partial charge is 0.0926 e. The molecule has 1 aromatic rings. The Hall–Kier alpha value is 0.430. The van der Waals surface area contributed by atoms with Gasteiger partial charge in [0.25, 0.3) is 0 Å². The van der Waals surface area contributed by atoms with Gasteiger partial charge in [-0.1, -0.05) is 31.9 Å². The summed E-state index contributed by atoms with van der Waals surface area (Å²) < 4.78 is 1.85. The first kappa shape index (κ1) is 10.5. The number of alkyl halides is 1. The van der Waals surface area contributed by atoms with E-state index in [9.17, 15) is 5.11 Å². The lowest BCUT2D eigenvalue weighted by atomic mass is 10.1. The average molecular weight is 314 g/mol. The van der Waals surface area contributed by atoms with E-state index < -0.39 is 6.10 Å². The maximum Gasteiger partial charge on any atom is 0.0926 e. The van der Waals surface area contributed by atoms with Crippen molar-refractivity contribution in [2.24, 2.45) is 0 Å². The van der Waals surface area contributed by atoms with E-state index in [0.29, 0.717) is 0 Å². The second kappa shape index (κ2) is 4.61. The van der Waals surface area contributed by atoms with Gasteiger partial charge in [-0.05, 0) is 23.8 Å². The zero-order chi connectivity index (χ0) is 9.14. The van der Waals surface area contributed by atoms with Crippen LogP contribution in [0, 0.1) is 0 Å². The quantitative estimate of drug-likeness (QED) is 0.829. The van der Waals surface area contributed by atoms with Crippen LogP contribution in [0.1, 0.15) is 11.7 Å². The van der Waals surface area contributed by atoms with Crippen molar-refractivity contribution >= 4 is 43.5 Å². The molecule has 1 unspecified atom stereocenters. The van der Waals surface area contributed by atoms with E-state index in [0.717, 1.165) is 14.5 Å². The molecule has 0 heterocycles. The van der Waals surface area contributed by atoms with Crippen LogP contribution in [0.25, 0.3) is 0 Å². The third-order valence-corrected chi connectivity index (χ3v) is 2.62. The lowest BCUT2D eigenvalue weighted by Crippen LogP contribution is -1.98. The predicted octanol–water partition coefficient (Wildman–Crippen LogP) is 3.48. The number of rotatable bonds is 2. The van der Waals surface area contributed by atoms with Crippen molar-refractivity contribution in [1.29, 1.82) is 0 Å². The molecular formula is C8H7Br2ClO. The Morgan fingerprint density at radius 1 is 1.25 bits per heavy atom. The topological polar surface area (TPSA) is 20.2 Å². The number of benzene rings is 1. The monoisotopic (exact) mass is 312 g/mol. The van der Waals surface area contributed by atoms with Crippen LogP contribution in [0.3, 0.4) is 0 Å². The van der Waals surface area contributed by atoms with Crippen molar-refractivity contribution in [2.45, 2.75) is 6.10 Å². The Morgan fingerprint density at radius 3 is 2.17 bits per heavy atom. The van der Waals surface area contributed by atoms with Gasteiger partial charge in [0.1, 0.15) is 0 Å². The zero-order valence-corrected chi connectivity index (χ0v) is 10.0. The van der Waals surface area contributed by atoms with Crippen LogP contribution in [0.2, 0.25) is 0 Å². The fourth-order valence-electron chi connectivity index (χ4n) is 0.857. The molecule has 0 radical (unpaired) electrons. The molecule has 1 nitrogen and oxygen atoms in total. The van der Waals surface area contributed by atoms with Gasteiger partial charge < -0.3 is 5.11 Å². The maximum absolute atomic E-state index is 9.40. The second-order valence-corrected chi connectivity index (χ2v) is 4.51. The number of aliphatic hydroxyl groups is 1. The van der Waals surface area contributed by atoms with Crippen LogP contribution in [-0.2, 0) is 0 Å². The van der Waals surface area contributed by atoms with Crippen LogP contribution >= 0.6 is 43.5 Å². The van der Waals surface area contributed by atoms with E-state index in [1.807, 2.05) is 18.2 Å². The summed E-state index contributed by atoms with van der Waals surface area (Å²) in [5, 5.41) is 9.40. The van der Waals surface area contributed by atoms with E-state index >= 15 is 0 Å². The highest BCUT2D eigenvalue weighted by Gasteiger charge is 2.06. The minimum absolute atomic E-state index is 0.211. The van der Waals surface area contributed by atoms with Crippen molar-refractivity contribution in [1.82, 2.24) is 0 Å². The molecule has 12 heavy (non-hydrogen) atoms. The highest BCUT2D eigenvalue weighted by atomic mass is 79.9. The number of hydrogen-bond acceptors (Lipinski definition) is 1. The van der Waals surface area contributed by atoms with Crippen LogP contribution in [-0.4, -0.2) is 11.0 Å². The molecule has 0 amide bonds. The number of hydrogen-bond donors (Lipinski definition) is 1. The summed E-state index contributed by atoms with van der Waals surface area (Å²) >= 11 is 12.2. The molecule has 0 saturated heterocycles. The van der Waals surface area contributed by atoms with Gasteiger partial charge in [0.05, 0.1) is 12.0 Å². The van der Waals surface area contributed by atoms with Crippen LogP contribution in [0.15, 0.2) is 27.1 Å². The van der Waals surface area contributed by atoms with Crippen molar-refractivity contribution in [3.63, 3.8) is 0 Å². The Bertz CT molecular complexity index is 258. The summed E-state index contributed by atoms with van der Waals surface area (Å²) in [6.45, 7) is 0. The number of halogens is 3. The minimum Gasteiger partial charge on any atom is -0.387 e. The molecular weight excluding hydrogens is 307 g/mol. The van der Waals surface area contributed by atoms with Crippen molar-refractivity contribution in [2.75, 3.05) is 5.88 Å². The predicted molar refractivity (Wildman–Crippen MR) is 57.5 cm³/mol. The Balaban J connectivity index is 3.00. The normalized spacial score (nSPS) is 13.0. The molecule has 0 aliphatic carbocycles. The molecule has 0 fully saturated rings. The number of aliphatic hydroxyl groups excluding tert-OH is 1. The molecule has 1 atom stereocenters. The van der Waals surface area contributed by atoms with Crippen LogP contribution < -0.4 is 0 Å². The van der Waals surface area contributed by atoms with E-state index in [1.54, 1.807) is 0 Å². The molecule has 1 N–H and O–H groups in total. The first-order chi connectivity index (χ1) is 5.63. The third-order valence-electron chi connectivity index (χ3n) is 1.42. The van der Waals surface area contributed by atoms with E-state index in [4.69, 9.17) is 11.6 Å². The van der Waals surface area contributed by atoms with Gasteiger partial charge in [-0.3, -0.25) is 0 Å². The average Bonchev–Trinajstić information content (AvgIpc) is 2.01. The highest BCUT2D eigenvalue weighted by molar-refractivity contribution is 9.11. The van der Waals surface area contributed by atoms with Gasteiger partial charge >= 0.3 is 0 Å². The molecule has 4 heteroatoms. The Kier molecular flexibility index (Phi) is 4.03. The summed E-state index contributed by atoms with van der Waals surface area (Å²) in [5.41, 5.74) is 0.811. The van der Waals surface area contributed by atoms with Gasteiger partial charge in [0.2, 0.25) is 0 Å². The summed E-state index contributed by atoms with van der Waals surface area (Å²) in [6, 6.07) is 5.60. The van der Waals surface area contributed by atoms with Gasteiger partial charge in [-0.2, -0.15) is 0 Å². The summed E-state index contributed by atoms with van der Waals surface area (Å²) in [4.78, 5) is 0. The third kappa shape index (κ3) is 2.73. The molecule has 66 valence electrons. The molecule has 1 aromatic carbocycles. The Morgan fingerprint density at radius 2 is 1.75 bits per heavy atom. The molecule has 0 aromatic heterocycles. The summed E-state index contributed by atoms with van der Waals surface area (Å²) in [5.74, 6) is 0.211. The van der Waals surface area contributed by atoms with E-state index in [1.165, 1.54) is 0 Å². The van der Waals surface area contributed by atoms with Crippen molar-refractivity contribution in [3.05, 3.63) is 32.7 Å². The molecule has 0 aliphatic rings. The largest absolute Gasteiger partial charge is 0.387 e. The maximum atomic E-state index is 9.40. The molecule has 0 aliphatic heterocycles. The fraction of sp³-hybridized carbons (Fsp3) is 0.250. The molecule has 0 bridgehead atoms. The van der Waals surface area contributed by atoms with Gasteiger partial charge in [-0.15, -0.1) is 11.6 Å². The van der Waals surface area contributed by atoms with Crippen molar-refractivity contribution < 1.29 is 5.11 Å². The minimum atomic E-state index is -0.597. The molecule has 0 spiro atoms. The first-order valence-corrected chi connectivity index (χ1v) is 5.45. The lowest BCUT2D eigenvalue weighted by Gasteiger charge is -2.07. The second-order valence-electron chi connectivity index (χ2n) is 2.37. The SMILES string of the molecule is OC(CCl)c1cc(Br)cc(Br)c1. The van der Waals surface area contributed by atoms with Crippen molar-refractivity contribution in [3.8, 4) is 0 Å². The van der Waals surface area contributed by atoms with Crippen LogP contribution in [0.4, 0.5) is 0 Å². The van der Waals surface area contributed by atoms with Gasteiger partial charge in [-0.25, -0.2) is 0 Å². The zero-order valence-electron chi connectivity index (χ0n) is 6.10. The Labute approximate surface area is 93.0 Å². The van der Waals surface area contributed by atoms with E-state index in [-0.39, 0.29) is 5.88 Å². The standard InChI is InChI=1S/C8H7Br2ClO/c9-6-1-5(8(12)4-11)2-7(10)3-6/h1-3,8,12H,4H2. The summed E-state index contributed by atoms with van der Waals surface area (Å²) in [7, 11) is 0. The summed E-state index contributed by atoms with van der Waals surface area (Å²) in [6.07, 6.45) is -0.597. The van der Waals surface area contributed by atoms with Gasteiger partial charge in [0, 0.05) is 8.95 Å². The van der Waals surface area contributed by atoms with E-state index in [2.05, 4.69) is 31.9 Å². The lowest BCUT2D eigenvalue weighted by molar-refractivity contribution is 0.202. The van der Waals surface area contributed by atoms with Crippen LogP contribution in [0.5, 0.6) is 0 Å². The molecule has 0 saturated carbocycles. The fourth-order valence-corrected chi connectivity index (χ4v) is 2.36. The highest BCUT2D eigenvalue weighted by Crippen LogP contribution is 2.24.